The molecule has 1 rings (SSSR count). The Bertz CT molecular complexity index is 328. The number of halogens is 2. The molecule has 0 aliphatic heterocycles. The molecule has 0 unspecified atom stereocenters. The van der Waals surface area contributed by atoms with Gasteiger partial charge in [0.05, 0.1) is 7.11 Å². The van der Waals surface area contributed by atoms with Crippen LogP contribution >= 0.6 is 0 Å². The molecule has 0 bridgehead atoms. The van der Waals surface area contributed by atoms with Gasteiger partial charge >= 0.3 is 0 Å². The van der Waals surface area contributed by atoms with Crippen molar-refractivity contribution in [2.45, 2.75) is 0 Å². The van der Waals surface area contributed by atoms with Crippen molar-refractivity contribution in [1.29, 1.82) is 0 Å². The third kappa shape index (κ3) is 1.74. The van der Waals surface area contributed by atoms with Gasteiger partial charge in [-0.3, -0.25) is 4.79 Å². The van der Waals surface area contributed by atoms with Gasteiger partial charge in [0.15, 0.2) is 11.6 Å². The number of carbonyl (C=O) groups is 1. The Morgan fingerprint density at radius 1 is 1.46 bits per heavy atom. The third-order valence-electron chi connectivity index (χ3n) is 1.48. The lowest BCUT2D eigenvalue weighted by molar-refractivity contribution is -0.105. The van der Waals surface area contributed by atoms with Crippen molar-refractivity contribution >= 4 is 12.1 Å². The van der Waals surface area contributed by atoms with Crippen LogP contribution in [0, 0.1) is 11.6 Å². The Labute approximate surface area is 73.3 Å². The fourth-order valence-electron chi connectivity index (χ4n) is 0.882. The van der Waals surface area contributed by atoms with Crippen LogP contribution < -0.4 is 10.1 Å². The van der Waals surface area contributed by atoms with E-state index in [9.17, 15) is 13.6 Å². The van der Waals surface area contributed by atoms with E-state index in [0.717, 1.165) is 12.1 Å². The highest BCUT2D eigenvalue weighted by atomic mass is 19.1. The quantitative estimate of drug-likeness (QED) is 0.729. The number of rotatable bonds is 3. The third-order valence-corrected chi connectivity index (χ3v) is 1.48. The lowest BCUT2D eigenvalue weighted by Gasteiger charge is -2.06. The molecule has 3 nitrogen and oxygen atoms in total. The Balaban J connectivity index is 3.20. The topological polar surface area (TPSA) is 38.3 Å². The Morgan fingerprint density at radius 2 is 2.15 bits per heavy atom. The Kier molecular flexibility index (Phi) is 2.79. The minimum Gasteiger partial charge on any atom is -0.494 e. The van der Waals surface area contributed by atoms with Crippen LogP contribution in [0.2, 0.25) is 0 Å². The van der Waals surface area contributed by atoms with Crippen LogP contribution in [0.4, 0.5) is 14.5 Å². The van der Waals surface area contributed by atoms with E-state index in [-0.39, 0.29) is 12.2 Å². The molecule has 13 heavy (non-hydrogen) atoms. The number of hydrogen-bond donors (Lipinski definition) is 1. The molecule has 0 atom stereocenters. The van der Waals surface area contributed by atoms with E-state index >= 15 is 0 Å². The van der Waals surface area contributed by atoms with Crippen LogP contribution in [0.1, 0.15) is 0 Å². The van der Waals surface area contributed by atoms with Gasteiger partial charge in [-0.1, -0.05) is 0 Å². The van der Waals surface area contributed by atoms with E-state index in [1.807, 2.05) is 5.32 Å². The number of anilines is 1. The molecule has 70 valence electrons. The van der Waals surface area contributed by atoms with Crippen molar-refractivity contribution in [3.8, 4) is 5.75 Å². The van der Waals surface area contributed by atoms with E-state index in [2.05, 4.69) is 4.74 Å². The first-order valence-corrected chi connectivity index (χ1v) is 3.43. The van der Waals surface area contributed by atoms with E-state index in [1.165, 1.54) is 7.11 Å². The molecule has 0 aliphatic carbocycles. The Morgan fingerprint density at radius 3 is 2.69 bits per heavy atom. The first-order chi connectivity index (χ1) is 6.20. The Hall–Kier alpha value is -1.65. The monoisotopic (exact) mass is 187 g/mol. The van der Waals surface area contributed by atoms with Gasteiger partial charge in [0.25, 0.3) is 0 Å². The summed E-state index contributed by atoms with van der Waals surface area (Å²) in [5.41, 5.74) is -0.505. The summed E-state index contributed by atoms with van der Waals surface area (Å²) >= 11 is 0. The van der Waals surface area contributed by atoms with Crippen LogP contribution in [0.25, 0.3) is 0 Å². The molecule has 1 amide bonds. The van der Waals surface area contributed by atoms with Crippen LogP contribution in [0.3, 0.4) is 0 Å². The largest absolute Gasteiger partial charge is 0.494 e. The molecule has 0 fully saturated rings. The minimum atomic E-state index is -0.922. The molecule has 1 aromatic rings. The van der Waals surface area contributed by atoms with E-state index in [0.29, 0.717) is 0 Å². The molecule has 0 saturated carbocycles. The average Bonchev–Trinajstić information content (AvgIpc) is 2.12. The van der Waals surface area contributed by atoms with Crippen molar-refractivity contribution in [2.24, 2.45) is 0 Å². The zero-order chi connectivity index (χ0) is 9.84. The molecule has 0 aromatic heterocycles. The molecule has 1 aromatic carbocycles. The normalized spacial score (nSPS) is 9.46. The molecule has 1 N–H and O–H groups in total. The number of carbonyl (C=O) groups excluding carboxylic acids is 1. The number of nitrogens with one attached hydrogen (secondary N) is 1. The van der Waals surface area contributed by atoms with Crippen LogP contribution in [-0.2, 0) is 4.79 Å². The van der Waals surface area contributed by atoms with Crippen LogP contribution in [0.15, 0.2) is 12.1 Å². The summed E-state index contributed by atoms with van der Waals surface area (Å²) in [6.45, 7) is 0. The summed E-state index contributed by atoms with van der Waals surface area (Å²) in [6.07, 6.45) is 0.195. The predicted molar refractivity (Wildman–Crippen MR) is 42.6 cm³/mol. The summed E-state index contributed by atoms with van der Waals surface area (Å²) in [7, 11) is 1.25. The standard InChI is InChI=1S/C8H7F2NO2/c1-13-6-3-2-5(9)8(7(6)10)11-4-12/h2-4H,1H3,(H,11,12). The molecule has 0 aliphatic rings. The molecule has 0 saturated heterocycles. The molecule has 5 heteroatoms. The van der Waals surface area contributed by atoms with Crippen molar-refractivity contribution in [3.63, 3.8) is 0 Å². The summed E-state index contributed by atoms with van der Waals surface area (Å²) in [6, 6.07) is 2.15. The minimum absolute atomic E-state index is 0.120. The van der Waals surface area contributed by atoms with Gasteiger partial charge < -0.3 is 10.1 Å². The predicted octanol–water partition coefficient (Wildman–Crippen LogP) is 1.54. The van der Waals surface area contributed by atoms with E-state index in [1.54, 1.807) is 0 Å². The molecular formula is C8H7F2NO2. The first-order valence-electron chi connectivity index (χ1n) is 3.43. The lowest BCUT2D eigenvalue weighted by Crippen LogP contribution is -2.02. The van der Waals surface area contributed by atoms with Crippen LogP contribution in [0.5, 0.6) is 5.75 Å². The first kappa shape index (κ1) is 9.44. The number of methoxy groups -OCH3 is 1. The number of amides is 1. The average molecular weight is 187 g/mol. The van der Waals surface area contributed by atoms with Gasteiger partial charge in [0.2, 0.25) is 6.41 Å². The SMILES string of the molecule is COc1ccc(F)c(NC=O)c1F. The van der Waals surface area contributed by atoms with E-state index in [4.69, 9.17) is 0 Å². The molecule has 0 heterocycles. The number of ether oxygens (including phenoxy) is 1. The van der Waals surface area contributed by atoms with Gasteiger partial charge in [-0.25, -0.2) is 8.78 Å². The van der Waals surface area contributed by atoms with Crippen molar-refractivity contribution < 1.29 is 18.3 Å². The van der Waals surface area contributed by atoms with Gasteiger partial charge in [-0.05, 0) is 12.1 Å². The van der Waals surface area contributed by atoms with Gasteiger partial charge in [-0.2, -0.15) is 0 Å². The van der Waals surface area contributed by atoms with Gasteiger partial charge in [0, 0.05) is 0 Å². The van der Waals surface area contributed by atoms with Crippen molar-refractivity contribution in [3.05, 3.63) is 23.8 Å². The molecule has 0 radical (unpaired) electrons. The fourth-order valence-corrected chi connectivity index (χ4v) is 0.882. The maximum Gasteiger partial charge on any atom is 0.211 e. The van der Waals surface area contributed by atoms with Gasteiger partial charge in [0.1, 0.15) is 11.5 Å². The summed E-state index contributed by atoms with van der Waals surface area (Å²) in [4.78, 5) is 9.99. The summed E-state index contributed by atoms with van der Waals surface area (Å²) < 4.78 is 30.6. The summed E-state index contributed by atoms with van der Waals surface area (Å²) in [5, 5.41) is 1.91. The highest BCUT2D eigenvalue weighted by Gasteiger charge is 2.12. The second kappa shape index (κ2) is 3.84. The zero-order valence-corrected chi connectivity index (χ0v) is 6.80. The number of benzene rings is 1. The zero-order valence-electron chi connectivity index (χ0n) is 6.80. The number of hydrogen-bond acceptors (Lipinski definition) is 2. The fraction of sp³-hybridized carbons (Fsp3) is 0.125. The smallest absolute Gasteiger partial charge is 0.211 e. The second-order valence-electron chi connectivity index (χ2n) is 2.20. The summed E-state index contributed by atoms with van der Waals surface area (Å²) in [5.74, 6) is -1.88. The lowest BCUT2D eigenvalue weighted by atomic mass is 10.2. The maximum atomic E-state index is 13.1. The van der Waals surface area contributed by atoms with E-state index < -0.39 is 17.3 Å². The molecular weight excluding hydrogens is 180 g/mol. The highest BCUT2D eigenvalue weighted by molar-refractivity contribution is 5.72. The highest BCUT2D eigenvalue weighted by Crippen LogP contribution is 2.26. The van der Waals surface area contributed by atoms with Crippen molar-refractivity contribution in [2.75, 3.05) is 12.4 Å². The van der Waals surface area contributed by atoms with Gasteiger partial charge in [-0.15, -0.1) is 0 Å². The van der Waals surface area contributed by atoms with Crippen molar-refractivity contribution in [1.82, 2.24) is 0 Å². The maximum absolute atomic E-state index is 13.1. The second-order valence-corrected chi connectivity index (χ2v) is 2.20. The van der Waals surface area contributed by atoms with Crippen LogP contribution in [-0.4, -0.2) is 13.5 Å². The molecule has 0 spiro atoms.